The summed E-state index contributed by atoms with van der Waals surface area (Å²) in [5.41, 5.74) is 0.00457. The summed E-state index contributed by atoms with van der Waals surface area (Å²) in [7, 11) is 0. The average molecular weight is 215 g/mol. The van der Waals surface area contributed by atoms with Gasteiger partial charge in [0.25, 0.3) is 0 Å². The molecule has 15 heavy (non-hydrogen) atoms. The molecule has 0 aromatic heterocycles. The molecular formula is C12H25NO2. The molecule has 90 valence electrons. The van der Waals surface area contributed by atoms with E-state index in [1.54, 1.807) is 0 Å². The number of hydrogen-bond acceptors (Lipinski definition) is 2. The molecule has 0 aromatic rings. The van der Waals surface area contributed by atoms with Gasteiger partial charge >= 0.3 is 0 Å². The third-order valence-corrected chi connectivity index (χ3v) is 2.56. The Morgan fingerprint density at radius 3 is 2.40 bits per heavy atom. The maximum Gasteiger partial charge on any atom is 0.220 e. The van der Waals surface area contributed by atoms with Crippen molar-refractivity contribution < 1.29 is 9.90 Å². The van der Waals surface area contributed by atoms with Crippen LogP contribution in [-0.2, 0) is 4.79 Å². The summed E-state index contributed by atoms with van der Waals surface area (Å²) >= 11 is 0. The molecule has 1 amide bonds. The number of amides is 1. The van der Waals surface area contributed by atoms with Crippen LogP contribution >= 0.6 is 0 Å². The number of aliphatic hydroxyl groups is 1. The predicted molar refractivity (Wildman–Crippen MR) is 62.6 cm³/mol. The third-order valence-electron chi connectivity index (χ3n) is 2.56. The summed E-state index contributed by atoms with van der Waals surface area (Å²) in [4.78, 5) is 11.5. The molecule has 0 fully saturated rings. The quantitative estimate of drug-likeness (QED) is 0.713. The van der Waals surface area contributed by atoms with E-state index in [1.165, 1.54) is 0 Å². The van der Waals surface area contributed by atoms with Crippen molar-refractivity contribution in [2.24, 2.45) is 5.41 Å². The molecule has 0 aliphatic rings. The Morgan fingerprint density at radius 2 is 2.00 bits per heavy atom. The first-order valence-corrected chi connectivity index (χ1v) is 5.82. The molecule has 3 heteroatoms. The van der Waals surface area contributed by atoms with Crippen LogP contribution in [0, 0.1) is 5.41 Å². The van der Waals surface area contributed by atoms with Gasteiger partial charge in [-0.3, -0.25) is 4.79 Å². The molecule has 0 spiro atoms. The lowest BCUT2D eigenvalue weighted by Crippen LogP contribution is -2.44. The number of carbonyl (C=O) groups is 1. The average Bonchev–Trinajstić information content (AvgIpc) is 2.12. The highest BCUT2D eigenvalue weighted by Crippen LogP contribution is 2.21. The third kappa shape index (κ3) is 6.50. The highest BCUT2D eigenvalue weighted by molar-refractivity contribution is 5.76. The van der Waals surface area contributed by atoms with Gasteiger partial charge in [-0.25, -0.2) is 0 Å². The number of hydrogen-bond donors (Lipinski definition) is 2. The minimum absolute atomic E-state index is 0.00457. The largest absolute Gasteiger partial charge is 0.396 e. The first-order chi connectivity index (χ1) is 6.91. The van der Waals surface area contributed by atoms with E-state index in [9.17, 15) is 4.79 Å². The lowest BCUT2D eigenvalue weighted by atomic mass is 9.85. The minimum Gasteiger partial charge on any atom is -0.396 e. The van der Waals surface area contributed by atoms with E-state index in [1.807, 2.05) is 0 Å². The lowest BCUT2D eigenvalue weighted by molar-refractivity contribution is -0.122. The van der Waals surface area contributed by atoms with Gasteiger partial charge in [0.2, 0.25) is 5.91 Å². The highest BCUT2D eigenvalue weighted by atomic mass is 16.3. The Morgan fingerprint density at radius 1 is 1.40 bits per heavy atom. The molecule has 2 N–H and O–H groups in total. The van der Waals surface area contributed by atoms with Crippen LogP contribution in [-0.4, -0.2) is 23.7 Å². The number of carbonyl (C=O) groups excluding carboxylic acids is 1. The minimum atomic E-state index is 0.00457. The standard InChI is InChI=1S/C12H25NO2/c1-5-6-7-11(15)13-10(8-9-14)12(2,3)4/h10,14H,5-9H2,1-4H3,(H,13,15). The summed E-state index contributed by atoms with van der Waals surface area (Å²) < 4.78 is 0. The van der Waals surface area contributed by atoms with E-state index in [-0.39, 0.29) is 24.0 Å². The molecular weight excluding hydrogens is 190 g/mol. The smallest absolute Gasteiger partial charge is 0.220 e. The number of rotatable bonds is 6. The fourth-order valence-electron chi connectivity index (χ4n) is 1.45. The first kappa shape index (κ1) is 14.4. The topological polar surface area (TPSA) is 49.3 Å². The number of nitrogens with one attached hydrogen (secondary N) is 1. The fraction of sp³-hybridized carbons (Fsp3) is 0.917. The van der Waals surface area contributed by atoms with Gasteiger partial charge in [0.05, 0.1) is 0 Å². The van der Waals surface area contributed by atoms with Crippen molar-refractivity contribution in [3.8, 4) is 0 Å². The van der Waals surface area contributed by atoms with Gasteiger partial charge in [-0.15, -0.1) is 0 Å². The predicted octanol–water partition coefficient (Wildman–Crippen LogP) is 2.09. The van der Waals surface area contributed by atoms with E-state index < -0.39 is 0 Å². The second-order valence-corrected chi connectivity index (χ2v) is 5.10. The molecule has 0 rings (SSSR count). The van der Waals surface area contributed by atoms with Gasteiger partial charge in [-0.05, 0) is 18.3 Å². The van der Waals surface area contributed by atoms with Crippen LogP contribution in [0.2, 0.25) is 0 Å². The van der Waals surface area contributed by atoms with Gasteiger partial charge in [0.15, 0.2) is 0 Å². The zero-order chi connectivity index (χ0) is 11.9. The van der Waals surface area contributed by atoms with E-state index in [0.29, 0.717) is 12.8 Å². The molecule has 1 atom stereocenters. The Kier molecular flexibility index (Phi) is 6.57. The second kappa shape index (κ2) is 6.83. The Labute approximate surface area is 93.3 Å². The monoisotopic (exact) mass is 215 g/mol. The van der Waals surface area contributed by atoms with Crippen molar-refractivity contribution in [3.63, 3.8) is 0 Å². The molecule has 3 nitrogen and oxygen atoms in total. The Balaban J connectivity index is 4.11. The fourth-order valence-corrected chi connectivity index (χ4v) is 1.45. The SMILES string of the molecule is CCCCC(=O)NC(CCO)C(C)(C)C. The lowest BCUT2D eigenvalue weighted by Gasteiger charge is -2.31. The van der Waals surface area contributed by atoms with Gasteiger partial charge in [-0.1, -0.05) is 34.1 Å². The molecule has 0 aliphatic heterocycles. The molecule has 0 heterocycles. The van der Waals surface area contributed by atoms with Crippen LogP contribution in [0.5, 0.6) is 0 Å². The van der Waals surface area contributed by atoms with Crippen LogP contribution < -0.4 is 5.32 Å². The molecule has 0 radical (unpaired) electrons. The van der Waals surface area contributed by atoms with E-state index in [4.69, 9.17) is 5.11 Å². The molecule has 0 aliphatic carbocycles. The van der Waals surface area contributed by atoms with Crippen LogP contribution in [0.1, 0.15) is 53.4 Å². The summed E-state index contributed by atoms with van der Waals surface area (Å²) in [5, 5.41) is 11.9. The van der Waals surface area contributed by atoms with Crippen LogP contribution in [0.4, 0.5) is 0 Å². The Hall–Kier alpha value is -0.570. The summed E-state index contributed by atoms with van der Waals surface area (Å²) in [6.07, 6.45) is 3.19. The van der Waals surface area contributed by atoms with E-state index in [2.05, 4.69) is 33.0 Å². The highest BCUT2D eigenvalue weighted by Gasteiger charge is 2.25. The van der Waals surface area contributed by atoms with Crippen molar-refractivity contribution in [3.05, 3.63) is 0 Å². The molecule has 0 saturated heterocycles. The Bertz CT molecular complexity index is 185. The van der Waals surface area contributed by atoms with Gasteiger partial charge in [-0.2, -0.15) is 0 Å². The number of unbranched alkanes of at least 4 members (excludes halogenated alkanes) is 1. The van der Waals surface area contributed by atoms with Crippen molar-refractivity contribution in [1.82, 2.24) is 5.32 Å². The second-order valence-electron chi connectivity index (χ2n) is 5.10. The first-order valence-electron chi connectivity index (χ1n) is 5.82. The molecule has 0 aromatic carbocycles. The van der Waals surface area contributed by atoms with E-state index in [0.717, 1.165) is 12.8 Å². The maximum atomic E-state index is 11.5. The maximum absolute atomic E-state index is 11.5. The van der Waals surface area contributed by atoms with Crippen LogP contribution in [0.15, 0.2) is 0 Å². The summed E-state index contributed by atoms with van der Waals surface area (Å²) in [5.74, 6) is 0.102. The zero-order valence-electron chi connectivity index (χ0n) is 10.5. The van der Waals surface area contributed by atoms with Crippen molar-refractivity contribution in [1.29, 1.82) is 0 Å². The van der Waals surface area contributed by atoms with Gasteiger partial charge in [0, 0.05) is 19.1 Å². The van der Waals surface area contributed by atoms with Gasteiger partial charge in [0.1, 0.15) is 0 Å². The van der Waals surface area contributed by atoms with Crippen molar-refractivity contribution in [2.45, 2.75) is 59.4 Å². The molecule has 0 bridgehead atoms. The van der Waals surface area contributed by atoms with Crippen LogP contribution in [0.3, 0.4) is 0 Å². The summed E-state index contributed by atoms with van der Waals surface area (Å²) in [6, 6.07) is 0.0619. The normalized spacial score (nSPS) is 13.7. The molecule has 1 unspecified atom stereocenters. The zero-order valence-corrected chi connectivity index (χ0v) is 10.5. The molecule has 0 saturated carbocycles. The van der Waals surface area contributed by atoms with Crippen molar-refractivity contribution in [2.75, 3.05) is 6.61 Å². The summed E-state index contributed by atoms with van der Waals surface area (Å²) in [6.45, 7) is 8.42. The van der Waals surface area contributed by atoms with Gasteiger partial charge < -0.3 is 10.4 Å². The van der Waals surface area contributed by atoms with Crippen molar-refractivity contribution >= 4 is 5.91 Å². The van der Waals surface area contributed by atoms with E-state index >= 15 is 0 Å². The van der Waals surface area contributed by atoms with Crippen LogP contribution in [0.25, 0.3) is 0 Å². The number of aliphatic hydroxyl groups excluding tert-OH is 1.